The number of benzene rings is 1. The number of hydrogen-bond acceptors (Lipinski definition) is 2. The van der Waals surface area contributed by atoms with Crippen LogP contribution in [0, 0.1) is 0 Å². The minimum absolute atomic E-state index is 0.359. The maximum atomic E-state index is 6.29. The highest BCUT2D eigenvalue weighted by Crippen LogP contribution is 2.29. The van der Waals surface area contributed by atoms with Crippen LogP contribution in [0.1, 0.15) is 37.9 Å². The zero-order valence-electron chi connectivity index (χ0n) is 12.0. The van der Waals surface area contributed by atoms with E-state index in [-0.39, 0.29) is 0 Å². The molecule has 0 saturated heterocycles. The molecule has 0 aliphatic heterocycles. The molecule has 3 nitrogen and oxygen atoms in total. The van der Waals surface area contributed by atoms with Crippen molar-refractivity contribution in [1.82, 2.24) is 15.1 Å². The Morgan fingerprint density at radius 2 is 2.05 bits per heavy atom. The SMILES string of the molecule is CCNCc1cnn(-c2ccc(Cl)cc2Cl)c1C(C)C. The van der Waals surface area contributed by atoms with E-state index in [1.807, 2.05) is 23.0 Å². The van der Waals surface area contributed by atoms with Crippen LogP contribution in [0.5, 0.6) is 0 Å². The Hall–Kier alpha value is -1.03. The van der Waals surface area contributed by atoms with Gasteiger partial charge < -0.3 is 5.32 Å². The van der Waals surface area contributed by atoms with Crippen LogP contribution in [0.15, 0.2) is 24.4 Å². The first-order valence-electron chi connectivity index (χ1n) is 6.77. The second kappa shape index (κ2) is 6.61. The van der Waals surface area contributed by atoms with Crippen molar-refractivity contribution >= 4 is 23.2 Å². The molecule has 20 heavy (non-hydrogen) atoms. The van der Waals surface area contributed by atoms with Gasteiger partial charge in [-0.15, -0.1) is 0 Å². The molecule has 1 N–H and O–H groups in total. The van der Waals surface area contributed by atoms with Crippen LogP contribution in [-0.4, -0.2) is 16.3 Å². The second-order valence-electron chi connectivity index (χ2n) is 5.00. The number of aromatic nitrogens is 2. The number of nitrogens with zero attached hydrogens (tertiary/aromatic N) is 2. The van der Waals surface area contributed by atoms with Crippen molar-refractivity contribution in [3.8, 4) is 5.69 Å². The fraction of sp³-hybridized carbons (Fsp3) is 0.400. The number of rotatable bonds is 5. The maximum absolute atomic E-state index is 6.29. The third kappa shape index (κ3) is 3.17. The Labute approximate surface area is 129 Å². The standard InChI is InChI=1S/C15H19Cl2N3/c1-4-18-8-11-9-19-20(15(11)10(2)3)14-6-5-12(16)7-13(14)17/h5-7,9-10,18H,4,8H2,1-3H3. The fourth-order valence-corrected chi connectivity index (χ4v) is 2.74. The molecule has 0 bridgehead atoms. The molecule has 0 saturated carbocycles. The highest BCUT2D eigenvalue weighted by molar-refractivity contribution is 6.35. The molecule has 2 rings (SSSR count). The van der Waals surface area contributed by atoms with E-state index in [1.165, 1.54) is 11.3 Å². The van der Waals surface area contributed by atoms with E-state index in [4.69, 9.17) is 23.2 Å². The summed E-state index contributed by atoms with van der Waals surface area (Å²) in [5, 5.41) is 9.08. The lowest BCUT2D eigenvalue weighted by Gasteiger charge is -2.14. The van der Waals surface area contributed by atoms with Gasteiger partial charge in [0.25, 0.3) is 0 Å². The number of nitrogens with one attached hydrogen (secondary N) is 1. The Kier molecular flexibility index (Phi) is 5.08. The Balaban J connectivity index is 2.48. The molecule has 0 radical (unpaired) electrons. The highest BCUT2D eigenvalue weighted by Gasteiger charge is 2.16. The molecule has 0 atom stereocenters. The van der Waals surface area contributed by atoms with Gasteiger partial charge in [0.05, 0.1) is 22.6 Å². The van der Waals surface area contributed by atoms with E-state index in [0.717, 1.165) is 18.8 Å². The summed E-state index contributed by atoms with van der Waals surface area (Å²) in [6, 6.07) is 5.48. The minimum atomic E-state index is 0.359. The first-order chi connectivity index (χ1) is 9.54. The molecule has 0 aliphatic carbocycles. The molecule has 5 heteroatoms. The zero-order valence-corrected chi connectivity index (χ0v) is 13.5. The van der Waals surface area contributed by atoms with Gasteiger partial charge in [0.15, 0.2) is 0 Å². The Morgan fingerprint density at radius 1 is 1.30 bits per heavy atom. The number of hydrogen-bond donors (Lipinski definition) is 1. The first kappa shape index (κ1) is 15.4. The second-order valence-corrected chi connectivity index (χ2v) is 5.84. The van der Waals surface area contributed by atoms with Crippen LogP contribution in [0.4, 0.5) is 0 Å². The van der Waals surface area contributed by atoms with E-state index in [1.54, 1.807) is 6.07 Å². The Bertz CT molecular complexity index is 591. The average molecular weight is 312 g/mol. The van der Waals surface area contributed by atoms with Gasteiger partial charge >= 0.3 is 0 Å². The van der Waals surface area contributed by atoms with Gasteiger partial charge in [-0.25, -0.2) is 4.68 Å². The maximum Gasteiger partial charge on any atom is 0.0836 e. The average Bonchev–Trinajstić information content (AvgIpc) is 2.80. The van der Waals surface area contributed by atoms with Gasteiger partial charge in [0, 0.05) is 17.1 Å². The summed E-state index contributed by atoms with van der Waals surface area (Å²) in [4.78, 5) is 0. The smallest absolute Gasteiger partial charge is 0.0836 e. The molecule has 1 heterocycles. The molecular formula is C15H19Cl2N3. The van der Waals surface area contributed by atoms with Crippen molar-refractivity contribution in [1.29, 1.82) is 0 Å². The van der Waals surface area contributed by atoms with Gasteiger partial charge in [-0.05, 0) is 30.7 Å². The number of halogens is 2. The van der Waals surface area contributed by atoms with Gasteiger partial charge in [-0.1, -0.05) is 44.0 Å². The predicted octanol–water partition coefficient (Wildman–Crippen LogP) is 4.41. The van der Waals surface area contributed by atoms with Crippen LogP contribution in [0.3, 0.4) is 0 Å². The molecule has 108 valence electrons. The summed E-state index contributed by atoms with van der Waals surface area (Å²) < 4.78 is 1.91. The molecule has 2 aromatic rings. The van der Waals surface area contributed by atoms with E-state index in [9.17, 15) is 0 Å². The third-order valence-corrected chi connectivity index (χ3v) is 3.67. The zero-order chi connectivity index (χ0) is 14.7. The molecular weight excluding hydrogens is 293 g/mol. The lowest BCUT2D eigenvalue weighted by molar-refractivity contribution is 0.689. The summed E-state index contributed by atoms with van der Waals surface area (Å²) in [6.45, 7) is 8.16. The van der Waals surface area contributed by atoms with E-state index in [2.05, 4.69) is 31.2 Å². The molecule has 0 fully saturated rings. The molecule has 0 aliphatic rings. The monoisotopic (exact) mass is 311 g/mol. The summed E-state index contributed by atoms with van der Waals surface area (Å²) in [7, 11) is 0. The van der Waals surface area contributed by atoms with Crippen LogP contribution in [0.25, 0.3) is 5.69 Å². The Morgan fingerprint density at radius 3 is 2.65 bits per heavy atom. The molecule has 0 unspecified atom stereocenters. The van der Waals surface area contributed by atoms with Crippen LogP contribution >= 0.6 is 23.2 Å². The van der Waals surface area contributed by atoms with Gasteiger partial charge in [-0.2, -0.15) is 5.10 Å². The molecule has 1 aromatic carbocycles. The van der Waals surface area contributed by atoms with Crippen LogP contribution in [0.2, 0.25) is 10.0 Å². The van der Waals surface area contributed by atoms with Gasteiger partial charge in [-0.3, -0.25) is 0 Å². The lowest BCUT2D eigenvalue weighted by atomic mass is 10.1. The van der Waals surface area contributed by atoms with Gasteiger partial charge in [0.2, 0.25) is 0 Å². The van der Waals surface area contributed by atoms with Crippen molar-refractivity contribution in [2.45, 2.75) is 33.2 Å². The molecule has 1 aromatic heterocycles. The van der Waals surface area contributed by atoms with E-state index >= 15 is 0 Å². The summed E-state index contributed by atoms with van der Waals surface area (Å²) in [5.74, 6) is 0.359. The summed E-state index contributed by atoms with van der Waals surface area (Å²) in [6.07, 6.45) is 1.91. The fourth-order valence-electron chi connectivity index (χ4n) is 2.25. The van der Waals surface area contributed by atoms with Crippen molar-refractivity contribution in [3.05, 3.63) is 45.7 Å². The topological polar surface area (TPSA) is 29.9 Å². The van der Waals surface area contributed by atoms with Crippen LogP contribution in [-0.2, 0) is 6.54 Å². The minimum Gasteiger partial charge on any atom is -0.313 e. The molecule has 0 spiro atoms. The van der Waals surface area contributed by atoms with Crippen molar-refractivity contribution < 1.29 is 0 Å². The quantitative estimate of drug-likeness (QED) is 0.886. The predicted molar refractivity (Wildman–Crippen MR) is 85.1 cm³/mol. The third-order valence-electron chi connectivity index (χ3n) is 3.14. The molecule has 0 amide bonds. The van der Waals surface area contributed by atoms with E-state index < -0.39 is 0 Å². The van der Waals surface area contributed by atoms with Crippen LogP contribution < -0.4 is 5.32 Å². The summed E-state index contributed by atoms with van der Waals surface area (Å²) >= 11 is 12.2. The first-order valence-corrected chi connectivity index (χ1v) is 7.53. The largest absolute Gasteiger partial charge is 0.313 e. The van der Waals surface area contributed by atoms with E-state index in [0.29, 0.717) is 16.0 Å². The van der Waals surface area contributed by atoms with Gasteiger partial charge in [0.1, 0.15) is 0 Å². The van der Waals surface area contributed by atoms with Crippen molar-refractivity contribution in [3.63, 3.8) is 0 Å². The highest BCUT2D eigenvalue weighted by atomic mass is 35.5. The lowest BCUT2D eigenvalue weighted by Crippen LogP contribution is -2.14. The van der Waals surface area contributed by atoms with Crippen molar-refractivity contribution in [2.24, 2.45) is 0 Å². The normalized spacial score (nSPS) is 11.3. The van der Waals surface area contributed by atoms with Crippen molar-refractivity contribution in [2.75, 3.05) is 6.54 Å². The summed E-state index contributed by atoms with van der Waals surface area (Å²) in [5.41, 5.74) is 3.24.